The molecule has 6 nitrogen and oxygen atoms in total. The van der Waals surface area contributed by atoms with E-state index >= 15 is 0 Å². The second-order valence-corrected chi connectivity index (χ2v) is 5.43. The number of hydrogen-bond acceptors (Lipinski definition) is 5. The van der Waals surface area contributed by atoms with Crippen molar-refractivity contribution in [3.8, 4) is 0 Å². The van der Waals surface area contributed by atoms with Gasteiger partial charge in [-0.05, 0) is 26.2 Å². The quantitative estimate of drug-likeness (QED) is 0.612. The van der Waals surface area contributed by atoms with Gasteiger partial charge >= 0.3 is 11.9 Å². The van der Waals surface area contributed by atoms with Gasteiger partial charge in [-0.2, -0.15) is 0 Å². The summed E-state index contributed by atoms with van der Waals surface area (Å²) in [6, 6.07) is 0. The molecule has 1 N–H and O–H groups in total. The highest BCUT2D eigenvalue weighted by Crippen LogP contribution is 2.26. The Bertz CT molecular complexity index is 350. The molecule has 0 fully saturated rings. The molecule has 0 aliphatic rings. The summed E-state index contributed by atoms with van der Waals surface area (Å²) in [6.07, 6.45) is -0.103. The first-order valence-electron chi connectivity index (χ1n) is 6.31. The molecule has 1 atom stereocenters. The lowest BCUT2D eigenvalue weighted by Gasteiger charge is -2.24. The predicted molar refractivity (Wildman–Crippen MR) is 73.2 cm³/mol. The average Bonchev–Trinajstić information content (AvgIpc) is 2.12. The van der Waals surface area contributed by atoms with Crippen LogP contribution in [-0.2, 0) is 23.9 Å². The van der Waals surface area contributed by atoms with Crippen molar-refractivity contribution in [1.29, 1.82) is 0 Å². The Balaban J connectivity index is 0. The Morgan fingerprint density at radius 3 is 1.70 bits per heavy atom. The van der Waals surface area contributed by atoms with Gasteiger partial charge in [-0.25, -0.2) is 0 Å². The van der Waals surface area contributed by atoms with Gasteiger partial charge in [0.2, 0.25) is 0 Å². The summed E-state index contributed by atoms with van der Waals surface area (Å²) in [6.45, 7) is 9.94. The monoisotopic (exact) mass is 288 g/mol. The number of carbonyl (C=O) groups is 4. The minimum absolute atomic E-state index is 0.103. The van der Waals surface area contributed by atoms with E-state index in [1.807, 2.05) is 0 Å². The van der Waals surface area contributed by atoms with Crippen LogP contribution in [0.2, 0.25) is 0 Å². The molecular weight excluding hydrogens is 264 g/mol. The van der Waals surface area contributed by atoms with E-state index in [4.69, 9.17) is 5.11 Å². The number of carboxylic acid groups (broad SMARTS) is 1. The van der Waals surface area contributed by atoms with Gasteiger partial charge in [-0.3, -0.25) is 19.2 Å². The van der Waals surface area contributed by atoms with E-state index in [9.17, 15) is 19.2 Å². The molecule has 0 rings (SSSR count). The summed E-state index contributed by atoms with van der Waals surface area (Å²) in [5.74, 6) is -2.81. The summed E-state index contributed by atoms with van der Waals surface area (Å²) in [5, 5.41) is 8.66. The normalized spacial score (nSPS) is 11.7. The van der Waals surface area contributed by atoms with Crippen molar-refractivity contribution in [2.75, 3.05) is 6.61 Å². The smallest absolute Gasteiger partial charge is 0.314 e. The van der Waals surface area contributed by atoms with Crippen LogP contribution in [0.5, 0.6) is 0 Å². The van der Waals surface area contributed by atoms with Crippen LogP contribution in [0.1, 0.15) is 48.0 Å². The van der Waals surface area contributed by atoms with Gasteiger partial charge in [-0.1, -0.05) is 20.8 Å². The summed E-state index contributed by atoms with van der Waals surface area (Å²) in [7, 11) is 0. The van der Waals surface area contributed by atoms with Crippen LogP contribution in [0.25, 0.3) is 0 Å². The first kappa shape index (κ1) is 20.6. The summed E-state index contributed by atoms with van der Waals surface area (Å²) in [4.78, 5) is 42.1. The highest BCUT2D eigenvalue weighted by molar-refractivity contribution is 5.97. The minimum atomic E-state index is -1.04. The Morgan fingerprint density at radius 1 is 1.10 bits per heavy atom. The van der Waals surface area contributed by atoms with E-state index in [0.717, 1.165) is 0 Å². The first-order valence-corrected chi connectivity index (χ1v) is 6.31. The number of ether oxygens (including phenoxy) is 1. The van der Waals surface area contributed by atoms with E-state index in [0.29, 0.717) is 6.61 Å². The first-order chi connectivity index (χ1) is 8.93. The molecule has 116 valence electrons. The molecule has 0 aliphatic carbocycles. The highest BCUT2D eigenvalue weighted by atomic mass is 16.5. The number of ketones is 2. The fourth-order valence-corrected chi connectivity index (χ4v) is 1.57. The Morgan fingerprint density at radius 2 is 1.55 bits per heavy atom. The molecule has 0 aromatic rings. The standard InChI is InChI=1S/C8H14O3.C6H10O3/c1-5(9)6(7(10)11)8(2,3)4;1-3-9-6(8)4-5(2)7/h6H,1-4H3,(H,10,11);3-4H2,1-2H3. The van der Waals surface area contributed by atoms with Gasteiger partial charge in [-0.15, -0.1) is 0 Å². The molecule has 0 radical (unpaired) electrons. The minimum Gasteiger partial charge on any atom is -0.481 e. The molecular formula is C14H24O6. The van der Waals surface area contributed by atoms with Gasteiger partial charge in [0.1, 0.15) is 23.9 Å². The maximum absolute atomic E-state index is 10.9. The lowest BCUT2D eigenvalue weighted by molar-refractivity contribution is -0.150. The summed E-state index contributed by atoms with van der Waals surface area (Å²) < 4.78 is 4.49. The third-order valence-electron chi connectivity index (χ3n) is 2.22. The fraction of sp³-hybridized carbons (Fsp3) is 0.714. The number of aliphatic carboxylic acids is 1. The van der Waals surface area contributed by atoms with Gasteiger partial charge < -0.3 is 9.84 Å². The molecule has 0 saturated carbocycles. The Hall–Kier alpha value is -1.72. The maximum Gasteiger partial charge on any atom is 0.314 e. The second kappa shape index (κ2) is 9.23. The zero-order valence-electron chi connectivity index (χ0n) is 13.0. The molecule has 0 aliphatic heterocycles. The highest BCUT2D eigenvalue weighted by Gasteiger charge is 2.34. The van der Waals surface area contributed by atoms with Crippen molar-refractivity contribution in [3.05, 3.63) is 0 Å². The van der Waals surface area contributed by atoms with Crippen molar-refractivity contribution >= 4 is 23.5 Å². The van der Waals surface area contributed by atoms with Crippen LogP contribution in [0.4, 0.5) is 0 Å². The topological polar surface area (TPSA) is 97.7 Å². The summed E-state index contributed by atoms with van der Waals surface area (Å²) >= 11 is 0. The lowest BCUT2D eigenvalue weighted by atomic mass is 9.78. The van der Waals surface area contributed by atoms with Crippen molar-refractivity contribution in [2.45, 2.75) is 48.0 Å². The largest absolute Gasteiger partial charge is 0.481 e. The fourth-order valence-electron chi connectivity index (χ4n) is 1.57. The van der Waals surface area contributed by atoms with E-state index in [2.05, 4.69) is 4.74 Å². The Labute approximate surface area is 119 Å². The number of carbonyl (C=O) groups excluding carboxylic acids is 3. The van der Waals surface area contributed by atoms with E-state index in [1.165, 1.54) is 13.8 Å². The lowest BCUT2D eigenvalue weighted by Crippen LogP contribution is -2.33. The molecule has 1 unspecified atom stereocenters. The van der Waals surface area contributed by atoms with Gasteiger partial charge in [0.05, 0.1) is 6.61 Å². The van der Waals surface area contributed by atoms with Gasteiger partial charge in [0.15, 0.2) is 0 Å². The van der Waals surface area contributed by atoms with Crippen molar-refractivity contribution < 1.29 is 29.0 Å². The van der Waals surface area contributed by atoms with Crippen molar-refractivity contribution in [1.82, 2.24) is 0 Å². The van der Waals surface area contributed by atoms with Gasteiger partial charge in [0.25, 0.3) is 0 Å². The number of carboxylic acids is 1. The number of Topliss-reactive ketones (excluding diaryl/α,β-unsaturated/α-hetero) is 2. The van der Waals surface area contributed by atoms with E-state index in [-0.39, 0.29) is 18.0 Å². The molecule has 0 aromatic heterocycles. The maximum atomic E-state index is 10.9. The number of esters is 1. The Kier molecular flexibility index (Phi) is 9.50. The molecule has 0 saturated heterocycles. The molecule has 0 spiro atoms. The van der Waals surface area contributed by atoms with Crippen LogP contribution in [0.3, 0.4) is 0 Å². The third kappa shape index (κ3) is 10.2. The number of rotatable bonds is 5. The van der Waals surface area contributed by atoms with E-state index < -0.39 is 23.3 Å². The van der Waals surface area contributed by atoms with Gasteiger partial charge in [0, 0.05) is 0 Å². The SMILES string of the molecule is CC(=O)C(C(=O)O)C(C)(C)C.CCOC(=O)CC(C)=O. The van der Waals surface area contributed by atoms with Crippen molar-refractivity contribution in [3.63, 3.8) is 0 Å². The summed E-state index contributed by atoms with van der Waals surface area (Å²) in [5.41, 5.74) is -0.488. The molecule has 0 aromatic carbocycles. The molecule has 0 heterocycles. The molecule has 0 amide bonds. The average molecular weight is 288 g/mol. The second-order valence-electron chi connectivity index (χ2n) is 5.43. The van der Waals surface area contributed by atoms with Crippen LogP contribution in [0.15, 0.2) is 0 Å². The number of hydrogen-bond donors (Lipinski definition) is 1. The molecule has 0 bridgehead atoms. The zero-order chi connectivity index (χ0) is 16.5. The zero-order valence-corrected chi connectivity index (χ0v) is 13.0. The van der Waals surface area contributed by atoms with Crippen molar-refractivity contribution in [2.24, 2.45) is 11.3 Å². The van der Waals surface area contributed by atoms with Crippen LogP contribution < -0.4 is 0 Å². The molecule has 20 heavy (non-hydrogen) atoms. The van der Waals surface area contributed by atoms with E-state index in [1.54, 1.807) is 27.7 Å². The third-order valence-corrected chi connectivity index (χ3v) is 2.22. The van der Waals surface area contributed by atoms with Crippen LogP contribution in [0, 0.1) is 11.3 Å². The van der Waals surface area contributed by atoms with Crippen LogP contribution in [-0.4, -0.2) is 35.2 Å². The molecule has 6 heteroatoms. The van der Waals surface area contributed by atoms with Crippen LogP contribution >= 0.6 is 0 Å². The predicted octanol–water partition coefficient (Wildman–Crippen LogP) is 1.85.